The molecule has 6 nitrogen and oxygen atoms in total. The summed E-state index contributed by atoms with van der Waals surface area (Å²) in [6.07, 6.45) is 0.494. The first kappa shape index (κ1) is 21.5. The minimum absolute atomic E-state index is 0.0390. The van der Waals surface area contributed by atoms with Gasteiger partial charge in [0, 0.05) is 22.7 Å². The fourth-order valence-electron chi connectivity index (χ4n) is 2.83. The molecule has 0 aliphatic carbocycles. The van der Waals surface area contributed by atoms with E-state index in [-0.39, 0.29) is 5.75 Å². The number of carbonyl (C=O) groups is 1. The first-order valence-corrected chi connectivity index (χ1v) is 10.2. The summed E-state index contributed by atoms with van der Waals surface area (Å²) < 4.78 is 35.6. The fourth-order valence-corrected chi connectivity index (χ4v) is 3.37. The van der Waals surface area contributed by atoms with Crippen LogP contribution in [0.5, 0.6) is 11.5 Å². The fraction of sp³-hybridized carbons (Fsp3) is 0.238. The van der Waals surface area contributed by atoms with Crippen molar-refractivity contribution in [2.75, 3.05) is 5.32 Å². The number of thiazole rings is 1. The van der Waals surface area contributed by atoms with Crippen LogP contribution >= 0.6 is 11.3 Å². The van der Waals surface area contributed by atoms with E-state index in [2.05, 4.69) is 20.4 Å². The number of hydrogen-bond donors (Lipinski definition) is 2. The lowest BCUT2D eigenvalue weighted by atomic mass is 10.0. The zero-order chi connectivity index (χ0) is 21.3. The number of carbonyl (C=O) groups excluding carboxylic acids is 1. The van der Waals surface area contributed by atoms with Crippen LogP contribution in [0.4, 0.5) is 19.3 Å². The zero-order valence-electron chi connectivity index (χ0n) is 16.2. The van der Waals surface area contributed by atoms with Crippen LogP contribution in [-0.4, -0.2) is 17.6 Å². The molecule has 1 heterocycles. The molecule has 1 unspecified atom stereocenters. The van der Waals surface area contributed by atoms with Crippen molar-refractivity contribution in [1.29, 1.82) is 0 Å². The Morgan fingerprint density at radius 1 is 1.20 bits per heavy atom. The Morgan fingerprint density at radius 2 is 2.03 bits per heavy atom. The Bertz CT molecular complexity index is 954. The van der Waals surface area contributed by atoms with Crippen LogP contribution in [0.2, 0.25) is 0 Å². The summed E-state index contributed by atoms with van der Waals surface area (Å²) in [5.41, 5.74) is 3.58. The smallest absolute Gasteiger partial charge is 0.387 e. The molecule has 1 atom stereocenters. The molecule has 2 aromatic carbocycles. The minimum atomic E-state index is -2.94. The van der Waals surface area contributed by atoms with Crippen LogP contribution in [0.3, 0.4) is 0 Å². The molecule has 0 radical (unpaired) electrons. The van der Waals surface area contributed by atoms with Gasteiger partial charge in [0.15, 0.2) is 0 Å². The van der Waals surface area contributed by atoms with Gasteiger partial charge in [-0.25, -0.2) is 9.78 Å². The molecule has 3 aromatic rings. The number of benzene rings is 2. The van der Waals surface area contributed by atoms with Crippen molar-refractivity contribution in [3.8, 4) is 11.5 Å². The molecule has 0 fully saturated rings. The molecule has 0 saturated carbocycles. The van der Waals surface area contributed by atoms with Crippen LogP contribution in [-0.2, 0) is 6.61 Å². The maximum Gasteiger partial charge on any atom is 0.387 e. The van der Waals surface area contributed by atoms with Gasteiger partial charge in [-0.1, -0.05) is 31.2 Å². The molecule has 0 bridgehead atoms. The Balaban J connectivity index is 1.62. The topological polar surface area (TPSA) is 72.5 Å². The highest BCUT2D eigenvalue weighted by Crippen LogP contribution is 2.28. The molecule has 9 heteroatoms. The summed E-state index contributed by atoms with van der Waals surface area (Å²) in [6.45, 7) is -0.765. The Morgan fingerprint density at radius 3 is 2.77 bits per heavy atom. The molecule has 30 heavy (non-hydrogen) atoms. The molecule has 2 N–H and O–H groups in total. The first-order valence-electron chi connectivity index (χ1n) is 9.26. The van der Waals surface area contributed by atoms with Crippen molar-refractivity contribution in [1.82, 2.24) is 10.3 Å². The van der Waals surface area contributed by atoms with Gasteiger partial charge in [0.05, 0.1) is 17.2 Å². The van der Waals surface area contributed by atoms with Crippen LogP contribution in [0.15, 0.2) is 59.4 Å². The van der Waals surface area contributed by atoms with Crippen molar-refractivity contribution in [2.24, 2.45) is 0 Å². The largest absolute Gasteiger partial charge is 0.487 e. The lowest BCUT2D eigenvalue weighted by Gasteiger charge is -2.21. The molecule has 3 rings (SSSR count). The van der Waals surface area contributed by atoms with Gasteiger partial charge in [-0.15, -0.1) is 11.3 Å². The summed E-state index contributed by atoms with van der Waals surface area (Å²) in [5.74, 6) is 0.626. The lowest BCUT2D eigenvalue weighted by Crippen LogP contribution is -2.32. The summed E-state index contributed by atoms with van der Waals surface area (Å²) in [7, 11) is 0. The molecule has 2 amide bonds. The van der Waals surface area contributed by atoms with E-state index in [1.54, 1.807) is 48.0 Å². The third kappa shape index (κ3) is 6.15. The van der Waals surface area contributed by atoms with E-state index in [0.717, 1.165) is 5.69 Å². The first-order chi connectivity index (χ1) is 14.5. The molecule has 0 aliphatic heterocycles. The van der Waals surface area contributed by atoms with E-state index in [0.29, 0.717) is 30.0 Å². The number of hydrogen-bond acceptors (Lipinski definition) is 5. The number of rotatable bonds is 9. The highest BCUT2D eigenvalue weighted by Gasteiger charge is 2.19. The van der Waals surface area contributed by atoms with E-state index in [1.165, 1.54) is 17.4 Å². The average molecular weight is 433 g/mol. The molecular formula is C21H21F2N3O3S. The van der Waals surface area contributed by atoms with Gasteiger partial charge >= 0.3 is 12.6 Å². The quantitative estimate of drug-likeness (QED) is 0.461. The van der Waals surface area contributed by atoms with Gasteiger partial charge in [-0.3, -0.25) is 0 Å². The number of aromatic nitrogens is 1. The number of urea groups is 1. The van der Waals surface area contributed by atoms with Gasteiger partial charge in [-0.05, 0) is 24.6 Å². The number of para-hydroxylation sites is 1. The third-order valence-electron chi connectivity index (χ3n) is 4.19. The Hall–Kier alpha value is -3.20. The van der Waals surface area contributed by atoms with Gasteiger partial charge in [-0.2, -0.15) is 8.78 Å². The van der Waals surface area contributed by atoms with Crippen LogP contribution in [0.25, 0.3) is 0 Å². The summed E-state index contributed by atoms with van der Waals surface area (Å²) >= 11 is 1.49. The third-order valence-corrected chi connectivity index (χ3v) is 4.82. The minimum Gasteiger partial charge on any atom is -0.487 e. The van der Waals surface area contributed by atoms with Crippen molar-refractivity contribution < 1.29 is 23.0 Å². The van der Waals surface area contributed by atoms with Crippen molar-refractivity contribution >= 4 is 23.1 Å². The Kier molecular flexibility index (Phi) is 7.56. The van der Waals surface area contributed by atoms with Gasteiger partial charge < -0.3 is 20.1 Å². The van der Waals surface area contributed by atoms with Crippen LogP contribution in [0, 0.1) is 0 Å². The zero-order valence-corrected chi connectivity index (χ0v) is 17.0. The van der Waals surface area contributed by atoms with Gasteiger partial charge in [0.2, 0.25) is 0 Å². The monoisotopic (exact) mass is 433 g/mol. The SMILES string of the molecule is CCC(NC(=O)Nc1cccc(OCc2cscn2)c1)c1ccccc1OC(F)F. The summed E-state index contributed by atoms with van der Waals surface area (Å²) in [4.78, 5) is 16.6. The number of nitrogens with one attached hydrogen (secondary N) is 2. The summed E-state index contributed by atoms with van der Waals surface area (Å²) in [6, 6.07) is 12.4. The maximum absolute atomic E-state index is 12.7. The van der Waals surface area contributed by atoms with E-state index < -0.39 is 18.7 Å². The molecule has 158 valence electrons. The molecule has 0 spiro atoms. The molecule has 0 saturated heterocycles. The number of amides is 2. The second kappa shape index (κ2) is 10.5. The molecular weight excluding hydrogens is 412 g/mol. The Labute approximate surface area is 176 Å². The molecule has 1 aromatic heterocycles. The number of anilines is 1. The van der Waals surface area contributed by atoms with Crippen molar-refractivity contribution in [3.63, 3.8) is 0 Å². The lowest BCUT2D eigenvalue weighted by molar-refractivity contribution is -0.0506. The predicted octanol–water partition coefficient (Wildman–Crippen LogP) is 5.60. The number of nitrogens with zero attached hydrogens (tertiary/aromatic N) is 1. The number of ether oxygens (including phenoxy) is 2. The van der Waals surface area contributed by atoms with Crippen LogP contribution in [0.1, 0.15) is 30.6 Å². The van der Waals surface area contributed by atoms with E-state index in [9.17, 15) is 13.6 Å². The summed E-state index contributed by atoms with van der Waals surface area (Å²) in [5, 5.41) is 7.43. The molecule has 0 aliphatic rings. The highest BCUT2D eigenvalue weighted by atomic mass is 32.1. The average Bonchev–Trinajstić information content (AvgIpc) is 3.25. The predicted molar refractivity (Wildman–Crippen MR) is 111 cm³/mol. The highest BCUT2D eigenvalue weighted by molar-refractivity contribution is 7.07. The maximum atomic E-state index is 12.7. The second-order valence-corrected chi connectivity index (χ2v) is 6.99. The van der Waals surface area contributed by atoms with E-state index in [1.807, 2.05) is 12.3 Å². The number of halogens is 2. The van der Waals surface area contributed by atoms with Gasteiger partial charge in [0.1, 0.15) is 18.1 Å². The van der Waals surface area contributed by atoms with E-state index >= 15 is 0 Å². The number of alkyl halides is 2. The van der Waals surface area contributed by atoms with Crippen LogP contribution < -0.4 is 20.1 Å². The van der Waals surface area contributed by atoms with Crippen molar-refractivity contribution in [2.45, 2.75) is 32.6 Å². The van der Waals surface area contributed by atoms with E-state index in [4.69, 9.17) is 4.74 Å². The van der Waals surface area contributed by atoms with Crippen molar-refractivity contribution in [3.05, 3.63) is 70.7 Å². The normalized spacial score (nSPS) is 11.7. The van der Waals surface area contributed by atoms with Gasteiger partial charge in [0.25, 0.3) is 0 Å². The standard InChI is InChI=1S/C21H21F2N3O3S/c1-2-18(17-8-3-4-9-19(17)29-20(22)23)26-21(27)25-14-6-5-7-16(10-14)28-11-15-12-30-13-24-15/h3-10,12-13,18,20H,2,11H2,1H3,(H2,25,26,27). The second-order valence-electron chi connectivity index (χ2n) is 6.27.